The Labute approximate surface area is 199 Å². The molecule has 3 N–H and O–H groups in total. The van der Waals surface area contributed by atoms with Crippen LogP contribution in [0.4, 0.5) is 0 Å². The Morgan fingerprint density at radius 3 is 2.62 bits per heavy atom. The molecule has 1 aliphatic rings. The molecule has 0 aliphatic heterocycles. The van der Waals surface area contributed by atoms with E-state index in [2.05, 4.69) is 59.4 Å². The van der Waals surface area contributed by atoms with Crippen molar-refractivity contribution in [1.82, 2.24) is 9.88 Å². The predicted octanol–water partition coefficient (Wildman–Crippen LogP) is 4.48. The number of aliphatic carboxylic acids is 2. The molecule has 0 radical (unpaired) electrons. The number of aromatic nitrogens is 1. The number of hydrogen-bond donors (Lipinski definition) is 3. The number of carboxylic acid groups (broad SMARTS) is 2. The van der Waals surface area contributed by atoms with Crippen molar-refractivity contribution >= 4 is 22.8 Å². The molecular formula is C27H32N2O5. The highest BCUT2D eigenvalue weighted by molar-refractivity contribution is 5.89. The minimum atomic E-state index is -1.26. The van der Waals surface area contributed by atoms with Crippen molar-refractivity contribution in [1.29, 1.82) is 0 Å². The SMILES string of the molecule is COc1cccc2c1CCC[C@H]2CN(C)CCc1ccc2cc[nH]c2c1.O=C(O)/C=C/C(=O)O. The van der Waals surface area contributed by atoms with E-state index in [0.717, 1.165) is 31.7 Å². The highest BCUT2D eigenvalue weighted by Crippen LogP contribution is 2.36. The Bertz CT molecular complexity index is 1130. The lowest BCUT2D eigenvalue weighted by molar-refractivity contribution is -0.134. The van der Waals surface area contributed by atoms with E-state index in [4.69, 9.17) is 14.9 Å². The van der Waals surface area contributed by atoms with Crippen LogP contribution in [-0.4, -0.2) is 59.3 Å². The molecule has 4 rings (SSSR count). The number of hydrogen-bond acceptors (Lipinski definition) is 4. The molecule has 34 heavy (non-hydrogen) atoms. The first-order valence-corrected chi connectivity index (χ1v) is 11.4. The first kappa shape index (κ1) is 25.1. The molecule has 3 aromatic rings. The van der Waals surface area contributed by atoms with Gasteiger partial charge in [0.25, 0.3) is 0 Å². The Morgan fingerprint density at radius 1 is 1.15 bits per heavy atom. The molecule has 2 aromatic carbocycles. The second kappa shape index (κ2) is 12.0. The highest BCUT2D eigenvalue weighted by atomic mass is 16.5. The second-order valence-electron chi connectivity index (χ2n) is 8.54. The molecule has 7 heteroatoms. The predicted molar refractivity (Wildman–Crippen MR) is 133 cm³/mol. The van der Waals surface area contributed by atoms with Gasteiger partial charge in [0.05, 0.1) is 7.11 Å². The maximum absolute atomic E-state index is 9.55. The summed E-state index contributed by atoms with van der Waals surface area (Å²) >= 11 is 0. The van der Waals surface area contributed by atoms with E-state index in [0.29, 0.717) is 18.1 Å². The van der Waals surface area contributed by atoms with Gasteiger partial charge in [-0.3, -0.25) is 0 Å². The highest BCUT2D eigenvalue weighted by Gasteiger charge is 2.23. The van der Waals surface area contributed by atoms with Gasteiger partial charge in [0.15, 0.2) is 0 Å². The van der Waals surface area contributed by atoms with Gasteiger partial charge in [-0.05, 0) is 78.9 Å². The Kier molecular flexibility index (Phi) is 8.87. The molecule has 0 saturated carbocycles. The molecule has 0 fully saturated rings. The number of H-pyrrole nitrogens is 1. The van der Waals surface area contributed by atoms with Crippen LogP contribution in [0.25, 0.3) is 10.9 Å². The van der Waals surface area contributed by atoms with E-state index in [-0.39, 0.29) is 0 Å². The number of carbonyl (C=O) groups is 2. The fourth-order valence-electron chi connectivity index (χ4n) is 4.47. The van der Waals surface area contributed by atoms with E-state index in [9.17, 15) is 9.59 Å². The Morgan fingerprint density at radius 2 is 1.91 bits per heavy atom. The summed E-state index contributed by atoms with van der Waals surface area (Å²) in [6.07, 6.45) is 7.90. The molecule has 1 atom stereocenters. The second-order valence-corrected chi connectivity index (χ2v) is 8.54. The number of nitrogens with zero attached hydrogens (tertiary/aromatic N) is 1. The summed E-state index contributed by atoms with van der Waals surface area (Å²) in [7, 11) is 4.04. The maximum Gasteiger partial charge on any atom is 0.328 e. The third kappa shape index (κ3) is 6.96. The first-order chi connectivity index (χ1) is 16.4. The van der Waals surface area contributed by atoms with Gasteiger partial charge in [-0.15, -0.1) is 0 Å². The fraction of sp³-hybridized carbons (Fsp3) is 0.333. The average Bonchev–Trinajstić information content (AvgIpc) is 3.30. The topological polar surface area (TPSA) is 103 Å². The molecule has 1 aromatic heterocycles. The van der Waals surface area contributed by atoms with Crippen molar-refractivity contribution in [3.05, 3.63) is 77.5 Å². The van der Waals surface area contributed by atoms with Gasteiger partial charge in [0.2, 0.25) is 0 Å². The largest absolute Gasteiger partial charge is 0.496 e. The minimum Gasteiger partial charge on any atom is -0.496 e. The van der Waals surface area contributed by atoms with Gasteiger partial charge in [-0.1, -0.05) is 24.3 Å². The van der Waals surface area contributed by atoms with Crippen molar-refractivity contribution in [3.63, 3.8) is 0 Å². The molecule has 0 unspecified atom stereocenters. The smallest absolute Gasteiger partial charge is 0.328 e. The zero-order valence-corrected chi connectivity index (χ0v) is 19.7. The number of fused-ring (bicyclic) bond motifs is 2. The van der Waals surface area contributed by atoms with Crippen molar-refractivity contribution in [3.8, 4) is 5.75 Å². The first-order valence-electron chi connectivity index (χ1n) is 11.4. The summed E-state index contributed by atoms with van der Waals surface area (Å²) < 4.78 is 5.58. The number of ether oxygens (including phenoxy) is 1. The number of benzene rings is 2. The van der Waals surface area contributed by atoms with Gasteiger partial charge in [0.1, 0.15) is 5.75 Å². The molecule has 1 aliphatic carbocycles. The van der Waals surface area contributed by atoms with Crippen molar-refractivity contribution in [2.24, 2.45) is 0 Å². The summed E-state index contributed by atoms with van der Waals surface area (Å²) in [5.41, 5.74) is 5.56. The quantitative estimate of drug-likeness (QED) is 0.425. The minimum absolute atomic E-state index is 0.558. The normalized spacial score (nSPS) is 15.1. The molecule has 1 heterocycles. The average molecular weight is 465 g/mol. The summed E-state index contributed by atoms with van der Waals surface area (Å²) in [6.45, 7) is 2.20. The summed E-state index contributed by atoms with van der Waals surface area (Å²) in [5.74, 6) is -0.835. The number of likely N-dealkylation sites (N-methyl/N-ethyl adjacent to an activating group) is 1. The lowest BCUT2D eigenvalue weighted by Gasteiger charge is -2.30. The molecule has 7 nitrogen and oxygen atoms in total. The van der Waals surface area contributed by atoms with Crippen molar-refractivity contribution in [2.45, 2.75) is 31.6 Å². The third-order valence-corrected chi connectivity index (χ3v) is 6.11. The van der Waals surface area contributed by atoms with Gasteiger partial charge < -0.3 is 24.8 Å². The third-order valence-electron chi connectivity index (χ3n) is 6.11. The lowest BCUT2D eigenvalue weighted by Crippen LogP contribution is -2.28. The van der Waals surface area contributed by atoms with Gasteiger partial charge in [-0.25, -0.2) is 9.59 Å². The van der Waals surface area contributed by atoms with Gasteiger partial charge >= 0.3 is 11.9 Å². The van der Waals surface area contributed by atoms with E-state index in [1.54, 1.807) is 7.11 Å². The van der Waals surface area contributed by atoms with Gasteiger partial charge in [-0.2, -0.15) is 0 Å². The van der Waals surface area contributed by atoms with Crippen LogP contribution in [0.1, 0.15) is 35.4 Å². The molecular weight excluding hydrogens is 432 g/mol. The number of methoxy groups -OCH3 is 1. The molecule has 0 saturated heterocycles. The van der Waals surface area contributed by atoms with E-state index in [1.165, 1.54) is 40.4 Å². The van der Waals surface area contributed by atoms with Crippen LogP contribution in [-0.2, 0) is 22.4 Å². The standard InChI is InChI=1S/C23H28N2O.C4H4O4/c1-25(14-12-17-9-10-18-11-13-24-22(18)15-17)16-19-5-3-7-21-20(19)6-4-8-23(21)26-2;5-3(6)1-2-4(7)8/h4,6,8-11,13,15,19,24H,3,5,7,12,14,16H2,1-2H3;1-2H,(H,5,6)(H,7,8)/b;2-1+/t19-;/m0./s1. The Balaban J connectivity index is 0.000000350. The van der Waals surface area contributed by atoms with Crippen LogP contribution >= 0.6 is 0 Å². The molecule has 180 valence electrons. The van der Waals surface area contributed by atoms with Crippen LogP contribution in [0.5, 0.6) is 5.75 Å². The summed E-state index contributed by atoms with van der Waals surface area (Å²) in [4.78, 5) is 24.9. The number of rotatable bonds is 8. The van der Waals surface area contributed by atoms with E-state index < -0.39 is 11.9 Å². The zero-order chi connectivity index (χ0) is 24.5. The van der Waals surface area contributed by atoms with Crippen LogP contribution in [0, 0.1) is 0 Å². The molecule has 0 spiro atoms. The van der Waals surface area contributed by atoms with Crippen LogP contribution in [0.3, 0.4) is 0 Å². The van der Waals surface area contributed by atoms with E-state index in [1.807, 2.05) is 6.20 Å². The van der Waals surface area contributed by atoms with Gasteiger partial charge in [0, 0.05) is 37.0 Å². The number of carboxylic acids is 2. The number of nitrogens with one attached hydrogen (secondary N) is 1. The Hall–Kier alpha value is -3.58. The summed E-state index contributed by atoms with van der Waals surface area (Å²) in [6, 6.07) is 15.4. The van der Waals surface area contributed by atoms with Crippen LogP contribution < -0.4 is 4.74 Å². The van der Waals surface area contributed by atoms with Crippen molar-refractivity contribution in [2.75, 3.05) is 27.2 Å². The van der Waals surface area contributed by atoms with Crippen molar-refractivity contribution < 1.29 is 24.5 Å². The van der Waals surface area contributed by atoms with Crippen LogP contribution in [0.15, 0.2) is 60.8 Å². The van der Waals surface area contributed by atoms with E-state index >= 15 is 0 Å². The number of aromatic amines is 1. The van der Waals surface area contributed by atoms with Crippen LogP contribution in [0.2, 0.25) is 0 Å². The molecule has 0 bridgehead atoms. The monoisotopic (exact) mass is 464 g/mol. The molecule has 0 amide bonds. The fourth-order valence-corrected chi connectivity index (χ4v) is 4.47. The lowest BCUT2D eigenvalue weighted by atomic mass is 9.82. The summed E-state index contributed by atoms with van der Waals surface area (Å²) in [5, 5.41) is 16.9. The maximum atomic E-state index is 9.55. The zero-order valence-electron chi connectivity index (χ0n) is 19.7.